The molecule has 0 saturated carbocycles. The van der Waals surface area contributed by atoms with Crippen LogP contribution in [0.3, 0.4) is 0 Å². The molecule has 0 amide bonds. The highest BCUT2D eigenvalue weighted by Gasteiger charge is 2.20. The zero-order chi connectivity index (χ0) is 11.3. The SMILES string of the molecule is COC(C)(C)CC(=O)Cc1ccccc1. The summed E-state index contributed by atoms with van der Waals surface area (Å²) in [6.07, 6.45) is 0.950. The van der Waals surface area contributed by atoms with Gasteiger partial charge in [0.2, 0.25) is 0 Å². The fraction of sp³-hybridized carbons (Fsp3) is 0.462. The summed E-state index contributed by atoms with van der Waals surface area (Å²) in [5, 5.41) is 0. The Morgan fingerprint density at radius 2 is 1.87 bits per heavy atom. The molecule has 1 aromatic carbocycles. The number of carbonyl (C=O) groups excluding carboxylic acids is 1. The van der Waals surface area contributed by atoms with Gasteiger partial charge in [-0.15, -0.1) is 0 Å². The Balaban J connectivity index is 2.51. The van der Waals surface area contributed by atoms with Crippen LogP contribution in [0, 0.1) is 0 Å². The van der Waals surface area contributed by atoms with E-state index in [1.54, 1.807) is 7.11 Å². The van der Waals surface area contributed by atoms with Crippen LogP contribution in [-0.2, 0) is 16.0 Å². The number of methoxy groups -OCH3 is 1. The lowest BCUT2D eigenvalue weighted by atomic mass is 9.97. The minimum Gasteiger partial charge on any atom is -0.378 e. The molecule has 1 aromatic rings. The molecule has 0 N–H and O–H groups in total. The van der Waals surface area contributed by atoms with Crippen LogP contribution in [0.5, 0.6) is 0 Å². The Kier molecular flexibility index (Phi) is 4.04. The standard InChI is InChI=1S/C13H18O2/c1-13(2,15-3)10-12(14)9-11-7-5-4-6-8-11/h4-8H,9-10H2,1-3H3. The smallest absolute Gasteiger partial charge is 0.140 e. The van der Waals surface area contributed by atoms with Crippen LogP contribution < -0.4 is 0 Å². The van der Waals surface area contributed by atoms with E-state index in [0.29, 0.717) is 12.8 Å². The van der Waals surface area contributed by atoms with Crippen molar-refractivity contribution >= 4 is 5.78 Å². The van der Waals surface area contributed by atoms with Gasteiger partial charge in [-0.1, -0.05) is 30.3 Å². The molecule has 0 heterocycles. The molecule has 0 fully saturated rings. The summed E-state index contributed by atoms with van der Waals surface area (Å²) in [5.74, 6) is 0.216. The second-order valence-electron chi connectivity index (χ2n) is 4.34. The summed E-state index contributed by atoms with van der Waals surface area (Å²) in [6.45, 7) is 3.85. The van der Waals surface area contributed by atoms with Crippen molar-refractivity contribution in [2.45, 2.75) is 32.3 Å². The van der Waals surface area contributed by atoms with E-state index in [0.717, 1.165) is 5.56 Å². The van der Waals surface area contributed by atoms with E-state index in [1.807, 2.05) is 44.2 Å². The maximum atomic E-state index is 11.7. The third kappa shape index (κ3) is 4.26. The van der Waals surface area contributed by atoms with Crippen LogP contribution in [0.4, 0.5) is 0 Å². The number of hydrogen-bond donors (Lipinski definition) is 0. The molecule has 82 valence electrons. The zero-order valence-electron chi connectivity index (χ0n) is 9.62. The van der Waals surface area contributed by atoms with Gasteiger partial charge in [0, 0.05) is 20.0 Å². The first kappa shape index (κ1) is 11.9. The fourth-order valence-electron chi connectivity index (χ4n) is 1.43. The number of carbonyl (C=O) groups is 1. The summed E-state index contributed by atoms with van der Waals surface area (Å²) in [4.78, 5) is 11.7. The number of Topliss-reactive ketones (excluding diaryl/α,β-unsaturated/α-hetero) is 1. The highest BCUT2D eigenvalue weighted by atomic mass is 16.5. The topological polar surface area (TPSA) is 26.3 Å². The van der Waals surface area contributed by atoms with E-state index in [4.69, 9.17) is 4.74 Å². The van der Waals surface area contributed by atoms with Crippen LogP contribution >= 0.6 is 0 Å². The molecule has 2 heteroatoms. The molecule has 1 rings (SSSR count). The third-order valence-corrected chi connectivity index (χ3v) is 2.42. The first-order chi connectivity index (χ1) is 7.03. The minimum absolute atomic E-state index is 0.216. The van der Waals surface area contributed by atoms with Gasteiger partial charge in [0.25, 0.3) is 0 Å². The van der Waals surface area contributed by atoms with Crippen molar-refractivity contribution in [1.82, 2.24) is 0 Å². The van der Waals surface area contributed by atoms with Gasteiger partial charge in [-0.05, 0) is 19.4 Å². The summed E-state index contributed by atoms with van der Waals surface area (Å²) >= 11 is 0. The van der Waals surface area contributed by atoms with Crippen molar-refractivity contribution in [2.24, 2.45) is 0 Å². The predicted octanol–water partition coefficient (Wildman–Crippen LogP) is 2.61. The lowest BCUT2D eigenvalue weighted by Crippen LogP contribution is -2.27. The molecule has 0 radical (unpaired) electrons. The first-order valence-electron chi connectivity index (χ1n) is 5.14. The Morgan fingerprint density at radius 3 is 2.40 bits per heavy atom. The average molecular weight is 206 g/mol. The van der Waals surface area contributed by atoms with Crippen LogP contribution in [0.1, 0.15) is 25.8 Å². The molecule has 0 aliphatic carbocycles. The highest BCUT2D eigenvalue weighted by Crippen LogP contribution is 2.15. The highest BCUT2D eigenvalue weighted by molar-refractivity contribution is 5.81. The predicted molar refractivity (Wildman–Crippen MR) is 60.9 cm³/mol. The Labute approximate surface area is 91.3 Å². The van der Waals surface area contributed by atoms with Gasteiger partial charge in [-0.3, -0.25) is 4.79 Å². The van der Waals surface area contributed by atoms with Crippen molar-refractivity contribution in [3.63, 3.8) is 0 Å². The maximum absolute atomic E-state index is 11.7. The number of benzene rings is 1. The van der Waals surface area contributed by atoms with Gasteiger partial charge in [0.1, 0.15) is 5.78 Å². The van der Waals surface area contributed by atoms with Gasteiger partial charge in [0.15, 0.2) is 0 Å². The largest absolute Gasteiger partial charge is 0.378 e. The van der Waals surface area contributed by atoms with Crippen LogP contribution in [0.2, 0.25) is 0 Å². The van der Waals surface area contributed by atoms with E-state index in [2.05, 4.69) is 0 Å². The maximum Gasteiger partial charge on any atom is 0.140 e. The van der Waals surface area contributed by atoms with Crippen LogP contribution in [0.15, 0.2) is 30.3 Å². The summed E-state index contributed by atoms with van der Waals surface area (Å²) in [5.41, 5.74) is 0.709. The minimum atomic E-state index is -0.355. The molecule has 0 aliphatic heterocycles. The van der Waals surface area contributed by atoms with Crippen molar-refractivity contribution < 1.29 is 9.53 Å². The number of rotatable bonds is 5. The molecule has 0 saturated heterocycles. The van der Waals surface area contributed by atoms with Gasteiger partial charge < -0.3 is 4.74 Å². The summed E-state index contributed by atoms with van der Waals surface area (Å²) in [7, 11) is 1.63. The van der Waals surface area contributed by atoms with Gasteiger partial charge in [-0.25, -0.2) is 0 Å². The zero-order valence-corrected chi connectivity index (χ0v) is 9.62. The molecule has 2 nitrogen and oxygen atoms in total. The number of hydrogen-bond acceptors (Lipinski definition) is 2. The molecule has 0 unspecified atom stereocenters. The summed E-state index contributed by atoms with van der Waals surface area (Å²) < 4.78 is 5.23. The van der Waals surface area contributed by atoms with Crippen LogP contribution in [0.25, 0.3) is 0 Å². The fourth-order valence-corrected chi connectivity index (χ4v) is 1.43. The lowest BCUT2D eigenvalue weighted by Gasteiger charge is -2.21. The molecule has 15 heavy (non-hydrogen) atoms. The van der Waals surface area contributed by atoms with E-state index in [1.165, 1.54) is 0 Å². The third-order valence-electron chi connectivity index (χ3n) is 2.42. The van der Waals surface area contributed by atoms with Gasteiger partial charge in [0.05, 0.1) is 5.60 Å². The van der Waals surface area contributed by atoms with Crippen molar-refractivity contribution in [3.8, 4) is 0 Å². The number of ether oxygens (including phenoxy) is 1. The molecular formula is C13H18O2. The normalized spacial score (nSPS) is 11.4. The molecule has 0 aromatic heterocycles. The molecule has 0 atom stereocenters. The Hall–Kier alpha value is -1.15. The monoisotopic (exact) mass is 206 g/mol. The molecule has 0 aliphatic rings. The first-order valence-corrected chi connectivity index (χ1v) is 5.14. The van der Waals surface area contributed by atoms with E-state index < -0.39 is 0 Å². The van der Waals surface area contributed by atoms with Crippen molar-refractivity contribution in [1.29, 1.82) is 0 Å². The van der Waals surface area contributed by atoms with E-state index >= 15 is 0 Å². The average Bonchev–Trinajstić information content (AvgIpc) is 2.18. The van der Waals surface area contributed by atoms with Crippen molar-refractivity contribution in [2.75, 3.05) is 7.11 Å². The van der Waals surface area contributed by atoms with E-state index in [9.17, 15) is 4.79 Å². The molecule has 0 bridgehead atoms. The molecule has 0 spiro atoms. The lowest BCUT2D eigenvalue weighted by molar-refractivity contribution is -0.123. The summed E-state index contributed by atoms with van der Waals surface area (Å²) in [6, 6.07) is 9.79. The van der Waals surface area contributed by atoms with Crippen LogP contribution in [-0.4, -0.2) is 18.5 Å². The quantitative estimate of drug-likeness (QED) is 0.740. The van der Waals surface area contributed by atoms with E-state index in [-0.39, 0.29) is 11.4 Å². The molecular weight excluding hydrogens is 188 g/mol. The Bertz CT molecular complexity index is 315. The second-order valence-corrected chi connectivity index (χ2v) is 4.34. The number of ketones is 1. The second kappa shape index (κ2) is 5.08. The Morgan fingerprint density at radius 1 is 1.27 bits per heavy atom. The van der Waals surface area contributed by atoms with Crippen molar-refractivity contribution in [3.05, 3.63) is 35.9 Å². The van der Waals surface area contributed by atoms with Gasteiger partial charge in [-0.2, -0.15) is 0 Å². The van der Waals surface area contributed by atoms with Gasteiger partial charge >= 0.3 is 0 Å².